The summed E-state index contributed by atoms with van der Waals surface area (Å²) in [6, 6.07) is 7.39. The fourth-order valence-electron chi connectivity index (χ4n) is 3.47. The minimum absolute atomic E-state index is 0.0191. The summed E-state index contributed by atoms with van der Waals surface area (Å²) in [5, 5.41) is 0. The Morgan fingerprint density at radius 3 is 2.39 bits per heavy atom. The van der Waals surface area contributed by atoms with Gasteiger partial charge in [-0.15, -0.1) is 0 Å². The zero-order chi connectivity index (χ0) is 20.7. The third-order valence-electron chi connectivity index (χ3n) is 5.74. The molecule has 5 nitrogen and oxygen atoms in total. The van der Waals surface area contributed by atoms with Crippen LogP contribution in [0.1, 0.15) is 74.8 Å². The zero-order valence-corrected chi connectivity index (χ0v) is 17.5. The van der Waals surface area contributed by atoms with Crippen molar-refractivity contribution in [2.45, 2.75) is 65.1 Å². The highest BCUT2D eigenvalue weighted by molar-refractivity contribution is 5.94. The van der Waals surface area contributed by atoms with E-state index in [1.807, 2.05) is 43.3 Å². The molecule has 1 aromatic rings. The molecule has 6 N–H and O–H groups in total. The van der Waals surface area contributed by atoms with Crippen LogP contribution < -0.4 is 17.2 Å². The number of hydrogen-bond donors (Lipinski definition) is 3. The molecule has 0 bridgehead atoms. The van der Waals surface area contributed by atoms with E-state index in [4.69, 9.17) is 17.2 Å². The quantitative estimate of drug-likeness (QED) is 0.672. The SMILES string of the molecule is CC(N)c1ccc(C(=O)N2CCC=CC2N)cc1.CC/C=C(/N)C1(CC)CC1. The summed E-state index contributed by atoms with van der Waals surface area (Å²) in [4.78, 5) is 14.0. The van der Waals surface area contributed by atoms with Crippen LogP contribution in [-0.2, 0) is 0 Å². The summed E-state index contributed by atoms with van der Waals surface area (Å²) in [6.07, 6.45) is 11.5. The summed E-state index contributed by atoms with van der Waals surface area (Å²) in [5.41, 5.74) is 20.8. The van der Waals surface area contributed by atoms with Crippen LogP contribution in [0.15, 0.2) is 48.2 Å². The lowest BCUT2D eigenvalue weighted by Crippen LogP contribution is -2.46. The topological polar surface area (TPSA) is 98.4 Å². The molecule has 3 rings (SSSR count). The van der Waals surface area contributed by atoms with Gasteiger partial charge in [0.25, 0.3) is 5.91 Å². The smallest absolute Gasteiger partial charge is 0.255 e. The standard InChI is InChI=1S/C14H19N3O.C9H17N/c1-10(15)11-5-7-12(8-6-11)14(18)17-9-3-2-4-13(17)16;1-3-5-8(10)9(4-2)6-7-9/h2,4-8,10,13H,3,9,15-16H2,1H3;5H,3-4,6-7,10H2,1-2H3/b;8-5+. The molecule has 2 unspecified atom stereocenters. The maximum Gasteiger partial charge on any atom is 0.255 e. The van der Waals surface area contributed by atoms with Crippen LogP contribution in [0.3, 0.4) is 0 Å². The Bertz CT molecular complexity index is 702. The van der Waals surface area contributed by atoms with Crippen molar-refractivity contribution >= 4 is 5.91 Å². The molecule has 28 heavy (non-hydrogen) atoms. The summed E-state index contributed by atoms with van der Waals surface area (Å²) in [6.45, 7) is 6.95. The molecule has 1 fully saturated rings. The summed E-state index contributed by atoms with van der Waals surface area (Å²) in [5.74, 6) is -0.0249. The van der Waals surface area contributed by atoms with Crippen molar-refractivity contribution in [1.82, 2.24) is 4.90 Å². The number of allylic oxidation sites excluding steroid dienone is 2. The number of carbonyl (C=O) groups excluding carboxylic acids is 1. The van der Waals surface area contributed by atoms with Gasteiger partial charge in [0.15, 0.2) is 0 Å². The lowest BCUT2D eigenvalue weighted by atomic mass is 9.99. The minimum atomic E-state index is -0.320. The Morgan fingerprint density at radius 1 is 1.29 bits per heavy atom. The Balaban J connectivity index is 0.000000237. The van der Waals surface area contributed by atoms with Gasteiger partial charge in [-0.2, -0.15) is 0 Å². The lowest BCUT2D eigenvalue weighted by Gasteiger charge is -2.29. The van der Waals surface area contributed by atoms with E-state index < -0.39 is 0 Å². The minimum Gasteiger partial charge on any atom is -0.402 e. The molecule has 5 heteroatoms. The van der Waals surface area contributed by atoms with E-state index in [0.29, 0.717) is 17.5 Å². The van der Waals surface area contributed by atoms with Gasteiger partial charge in [0, 0.05) is 29.3 Å². The van der Waals surface area contributed by atoms with Crippen LogP contribution >= 0.6 is 0 Å². The number of rotatable bonds is 5. The predicted octanol–water partition coefficient (Wildman–Crippen LogP) is 3.82. The fraction of sp³-hybridized carbons (Fsp3) is 0.522. The van der Waals surface area contributed by atoms with E-state index in [1.165, 1.54) is 19.3 Å². The van der Waals surface area contributed by atoms with Crippen LogP contribution in [0.4, 0.5) is 0 Å². The van der Waals surface area contributed by atoms with Crippen molar-refractivity contribution in [3.63, 3.8) is 0 Å². The molecule has 1 aliphatic carbocycles. The van der Waals surface area contributed by atoms with Crippen molar-refractivity contribution in [2.24, 2.45) is 22.6 Å². The first-order valence-corrected chi connectivity index (χ1v) is 10.4. The molecule has 2 atom stereocenters. The second-order valence-corrected chi connectivity index (χ2v) is 7.82. The lowest BCUT2D eigenvalue weighted by molar-refractivity contribution is 0.0711. The summed E-state index contributed by atoms with van der Waals surface area (Å²) >= 11 is 0. The maximum absolute atomic E-state index is 12.3. The average Bonchev–Trinajstić information content (AvgIpc) is 3.50. The second-order valence-electron chi connectivity index (χ2n) is 7.82. The van der Waals surface area contributed by atoms with Crippen LogP contribution in [0.25, 0.3) is 0 Å². The van der Waals surface area contributed by atoms with E-state index >= 15 is 0 Å². The predicted molar refractivity (Wildman–Crippen MR) is 116 cm³/mol. The molecule has 154 valence electrons. The molecule has 0 radical (unpaired) electrons. The monoisotopic (exact) mass is 384 g/mol. The van der Waals surface area contributed by atoms with Crippen molar-refractivity contribution in [2.75, 3.05) is 6.54 Å². The van der Waals surface area contributed by atoms with Crippen molar-refractivity contribution in [3.05, 3.63) is 59.3 Å². The average molecular weight is 385 g/mol. The summed E-state index contributed by atoms with van der Waals surface area (Å²) in [7, 11) is 0. The van der Waals surface area contributed by atoms with E-state index in [0.717, 1.165) is 24.1 Å². The largest absolute Gasteiger partial charge is 0.402 e. The second kappa shape index (κ2) is 9.89. The number of carbonyl (C=O) groups is 1. The highest BCUT2D eigenvalue weighted by Crippen LogP contribution is 2.52. The summed E-state index contributed by atoms with van der Waals surface area (Å²) < 4.78 is 0. The zero-order valence-electron chi connectivity index (χ0n) is 17.5. The molecule has 0 aromatic heterocycles. The Kier molecular flexibility index (Phi) is 7.84. The fourth-order valence-corrected chi connectivity index (χ4v) is 3.47. The van der Waals surface area contributed by atoms with E-state index in [9.17, 15) is 4.79 Å². The van der Waals surface area contributed by atoms with E-state index in [-0.39, 0.29) is 18.1 Å². The molecule has 1 heterocycles. The molecule has 1 aliphatic heterocycles. The van der Waals surface area contributed by atoms with Crippen LogP contribution in [-0.4, -0.2) is 23.5 Å². The third kappa shape index (κ3) is 5.46. The molecule has 1 saturated carbocycles. The van der Waals surface area contributed by atoms with Gasteiger partial charge in [-0.3, -0.25) is 4.79 Å². The molecule has 0 spiro atoms. The van der Waals surface area contributed by atoms with E-state index in [1.54, 1.807) is 4.90 Å². The van der Waals surface area contributed by atoms with Gasteiger partial charge in [0.1, 0.15) is 0 Å². The van der Waals surface area contributed by atoms with Crippen LogP contribution in [0.5, 0.6) is 0 Å². The van der Waals surface area contributed by atoms with E-state index in [2.05, 4.69) is 19.9 Å². The molecule has 1 amide bonds. The normalized spacial score (nSPS) is 21.5. The highest BCUT2D eigenvalue weighted by atomic mass is 16.2. The highest BCUT2D eigenvalue weighted by Gasteiger charge is 2.42. The first-order chi connectivity index (χ1) is 13.3. The number of nitrogens with two attached hydrogens (primary N) is 3. The molecule has 0 saturated heterocycles. The van der Waals surface area contributed by atoms with Gasteiger partial charge in [-0.05, 0) is 56.7 Å². The van der Waals surface area contributed by atoms with Crippen molar-refractivity contribution in [3.8, 4) is 0 Å². The van der Waals surface area contributed by atoms with Gasteiger partial charge in [0.05, 0.1) is 6.17 Å². The Labute approximate surface area is 169 Å². The van der Waals surface area contributed by atoms with Crippen molar-refractivity contribution in [1.29, 1.82) is 0 Å². The molecular formula is C23H36N4O. The Morgan fingerprint density at radius 2 is 1.93 bits per heavy atom. The van der Waals surface area contributed by atoms with Crippen LogP contribution in [0, 0.1) is 5.41 Å². The molecule has 2 aliphatic rings. The third-order valence-corrected chi connectivity index (χ3v) is 5.74. The van der Waals surface area contributed by atoms with Gasteiger partial charge in [0.2, 0.25) is 0 Å². The first-order valence-electron chi connectivity index (χ1n) is 10.4. The number of benzene rings is 1. The van der Waals surface area contributed by atoms with Gasteiger partial charge < -0.3 is 22.1 Å². The number of amides is 1. The number of nitrogens with zero attached hydrogens (tertiary/aromatic N) is 1. The first kappa shape index (κ1) is 22.2. The van der Waals surface area contributed by atoms with Gasteiger partial charge >= 0.3 is 0 Å². The van der Waals surface area contributed by atoms with Crippen molar-refractivity contribution < 1.29 is 4.79 Å². The number of hydrogen-bond acceptors (Lipinski definition) is 4. The Hall–Kier alpha value is -2.11. The molecule has 1 aromatic carbocycles. The molecular weight excluding hydrogens is 348 g/mol. The van der Waals surface area contributed by atoms with Gasteiger partial charge in [-0.1, -0.05) is 44.2 Å². The van der Waals surface area contributed by atoms with Crippen LogP contribution in [0.2, 0.25) is 0 Å². The van der Waals surface area contributed by atoms with Gasteiger partial charge in [-0.25, -0.2) is 0 Å². The maximum atomic E-state index is 12.3.